The number of carbonyl (C=O) groups is 8. The van der Waals surface area contributed by atoms with Gasteiger partial charge in [-0.25, -0.2) is 14.4 Å². The lowest BCUT2D eigenvalue weighted by atomic mass is 9.79. The van der Waals surface area contributed by atoms with E-state index in [-0.39, 0.29) is 46.2 Å². The van der Waals surface area contributed by atoms with E-state index >= 15 is 0 Å². The largest absolute Gasteiger partial charge is 0.481 e. The van der Waals surface area contributed by atoms with E-state index in [1.54, 1.807) is 106 Å². The number of hydrogen-bond acceptors (Lipinski definition) is 11. The van der Waals surface area contributed by atoms with Gasteiger partial charge in [-0.1, -0.05) is 145 Å². The molecule has 19 heteroatoms. The van der Waals surface area contributed by atoms with Gasteiger partial charge in [0.15, 0.2) is 5.78 Å². The molecule has 1 saturated heterocycles. The second-order valence-corrected chi connectivity index (χ2v) is 18.1. The normalized spacial score (nSPS) is 12.6. The summed E-state index contributed by atoms with van der Waals surface area (Å²) >= 11 is 11.6. The number of aliphatic carboxylic acids is 4. The van der Waals surface area contributed by atoms with Crippen LogP contribution in [0.5, 0.6) is 0 Å². The Labute approximate surface area is 429 Å². The van der Waals surface area contributed by atoms with Crippen molar-refractivity contribution >= 4 is 87.4 Å². The Kier molecular flexibility index (Phi) is 24.8. The van der Waals surface area contributed by atoms with Crippen LogP contribution >= 0.6 is 35.6 Å². The molecule has 0 atom stereocenters. The molecule has 5 aromatic carbocycles. The van der Waals surface area contributed by atoms with Crippen molar-refractivity contribution in [1.82, 2.24) is 4.90 Å². The molecule has 0 bridgehead atoms. The van der Waals surface area contributed by atoms with Crippen molar-refractivity contribution in [2.45, 2.75) is 51.9 Å². The van der Waals surface area contributed by atoms with Gasteiger partial charge in [-0.05, 0) is 81.6 Å². The maximum absolute atomic E-state index is 12.1. The number of carboxylic acids is 6. The number of ketones is 1. The highest BCUT2D eigenvalue weighted by Gasteiger charge is 2.42. The fourth-order valence-electron chi connectivity index (χ4n) is 6.07. The van der Waals surface area contributed by atoms with Crippen molar-refractivity contribution in [3.63, 3.8) is 0 Å². The summed E-state index contributed by atoms with van der Waals surface area (Å²) < 4.78 is 0.359. The van der Waals surface area contributed by atoms with Gasteiger partial charge in [0.05, 0.1) is 33.3 Å². The molecule has 1 heterocycles. The zero-order chi connectivity index (χ0) is 54.0. The van der Waals surface area contributed by atoms with E-state index in [1.165, 1.54) is 36.0 Å². The topological polar surface area (TPSA) is 285 Å². The van der Waals surface area contributed by atoms with Gasteiger partial charge in [0.1, 0.15) is 16.9 Å². The second-order valence-electron chi connectivity index (χ2n) is 16.0. The lowest BCUT2D eigenvalue weighted by molar-refractivity contribution is -0.146. The number of benzene rings is 5. The smallest absolute Gasteiger partial charge is 0.382 e. The molecule has 2 fully saturated rings. The summed E-state index contributed by atoms with van der Waals surface area (Å²) in [6.45, 7) is 4.67. The average Bonchev–Trinajstić information content (AvgIpc) is 3.99. The highest BCUT2D eigenvalue weighted by Crippen LogP contribution is 2.41. The Morgan fingerprint density at radius 1 is 0.694 bits per heavy atom. The van der Waals surface area contributed by atoms with Crippen molar-refractivity contribution in [3.8, 4) is 17.9 Å². The molecule has 374 valence electrons. The molecule has 0 unspecified atom stereocenters. The fraction of sp³-hybridized carbons (Fsp3) is 0.208. The minimum atomic E-state index is -1.13. The SMILES string of the molecule is CC(C)(C)C(=O)O.N#Cc1ccccc1C(=O)O.O=C(O)C#Cc1ccc(Cl)cc1.O=C(O)C1(c2ccccc2)CCCC1.O=C(O)CN1C(=O)CSC1=S.O=C(O)c1ccccc1C(=O)c1ccccc1. The second kappa shape index (κ2) is 29.8. The van der Waals surface area contributed by atoms with E-state index in [0.717, 1.165) is 36.1 Å². The molecule has 1 aliphatic heterocycles. The third-order valence-electron chi connectivity index (χ3n) is 9.84. The van der Waals surface area contributed by atoms with Gasteiger partial charge in [0, 0.05) is 27.6 Å². The Hall–Kier alpha value is -8.16. The summed E-state index contributed by atoms with van der Waals surface area (Å²) in [4.78, 5) is 87.1. The highest BCUT2D eigenvalue weighted by atomic mass is 35.5. The summed E-state index contributed by atoms with van der Waals surface area (Å²) in [5, 5.41) is 60.8. The van der Waals surface area contributed by atoms with Crippen molar-refractivity contribution in [2.75, 3.05) is 12.3 Å². The molecule has 1 saturated carbocycles. The number of amides is 1. The zero-order valence-corrected chi connectivity index (χ0v) is 41.4. The number of nitrogens with zero attached hydrogens (tertiary/aromatic N) is 2. The molecule has 2 aliphatic rings. The van der Waals surface area contributed by atoms with E-state index in [2.05, 4.69) is 5.92 Å². The van der Waals surface area contributed by atoms with Crippen LogP contribution in [0, 0.1) is 28.6 Å². The molecule has 0 spiro atoms. The van der Waals surface area contributed by atoms with Crippen LogP contribution in [0.3, 0.4) is 0 Å². The summed E-state index contributed by atoms with van der Waals surface area (Å²) in [7, 11) is 0. The number of rotatable bonds is 8. The fourth-order valence-corrected chi connectivity index (χ4v) is 7.26. The predicted molar refractivity (Wildman–Crippen MR) is 273 cm³/mol. The minimum absolute atomic E-state index is 0.0290. The molecule has 1 amide bonds. The average molecular weight is 1040 g/mol. The first kappa shape index (κ1) is 60.0. The van der Waals surface area contributed by atoms with Crippen molar-refractivity contribution < 1.29 is 69.0 Å². The minimum Gasteiger partial charge on any atom is -0.481 e. The molecule has 16 nitrogen and oxygen atoms in total. The van der Waals surface area contributed by atoms with Crippen LogP contribution in [0.4, 0.5) is 0 Å². The van der Waals surface area contributed by atoms with Crippen molar-refractivity contribution in [3.05, 3.63) is 177 Å². The quantitative estimate of drug-likeness (QED) is 0.0479. The summed E-state index contributed by atoms with van der Waals surface area (Å²) in [6, 6.07) is 39.0. The van der Waals surface area contributed by atoms with Crippen LogP contribution in [0.2, 0.25) is 5.02 Å². The van der Waals surface area contributed by atoms with Crippen molar-refractivity contribution in [1.29, 1.82) is 5.26 Å². The molecule has 7 rings (SSSR count). The van der Waals surface area contributed by atoms with Crippen LogP contribution in [0.25, 0.3) is 0 Å². The number of carbonyl (C=O) groups excluding carboxylic acids is 2. The number of nitriles is 1. The first-order valence-electron chi connectivity index (χ1n) is 21.3. The molecule has 72 heavy (non-hydrogen) atoms. The number of halogens is 1. The summed E-state index contributed by atoms with van der Waals surface area (Å²) in [6.07, 6.45) is 3.63. The molecule has 0 aromatic heterocycles. The molecule has 0 radical (unpaired) electrons. The Morgan fingerprint density at radius 3 is 1.58 bits per heavy atom. The highest BCUT2D eigenvalue weighted by molar-refractivity contribution is 8.24. The molecule has 5 aromatic rings. The van der Waals surface area contributed by atoms with E-state index in [1.807, 2.05) is 36.3 Å². The standard InChI is InChI=1S/C14H10O3.C12H14O2.C9H5ClO2.C8H5NO2.C5H5NO3S2.C5H10O2/c15-13(10-6-2-1-3-7-10)11-8-4-5-9-12(11)14(16)17;13-11(14)12(8-4-5-9-12)10-6-2-1-3-7-10;10-8-4-1-7(2-5-8)3-6-9(11)12;9-5-6-3-1-2-4-7(6)8(10)11;7-3-2-11-5(10)6(3)1-4(8)9;1-5(2,3)4(6)7/h1-9H,(H,16,17);1-3,6-7H,4-5,8-9H2,(H,13,14);1-2,4-5H,(H,11,12);1-4H,(H,10,11);1-2H2,(H,8,9);1-3H3,(H,6,7). The van der Waals surface area contributed by atoms with Gasteiger partial charge in [-0.2, -0.15) is 5.26 Å². The molecule has 1 aliphatic carbocycles. The van der Waals surface area contributed by atoms with Crippen LogP contribution < -0.4 is 0 Å². The zero-order valence-electron chi connectivity index (χ0n) is 39.0. The lowest BCUT2D eigenvalue weighted by Crippen LogP contribution is -2.33. The van der Waals surface area contributed by atoms with Gasteiger partial charge in [-0.3, -0.25) is 28.9 Å². The Morgan fingerprint density at radius 2 is 1.17 bits per heavy atom. The lowest BCUT2D eigenvalue weighted by Gasteiger charge is -2.24. The third-order valence-corrected chi connectivity index (χ3v) is 11.5. The monoisotopic (exact) mass is 1040 g/mol. The number of thioether (sulfide) groups is 1. The van der Waals surface area contributed by atoms with Gasteiger partial charge in [0.2, 0.25) is 5.91 Å². The number of hydrogen-bond donors (Lipinski definition) is 6. The van der Waals surface area contributed by atoms with Crippen molar-refractivity contribution in [2.24, 2.45) is 5.41 Å². The first-order chi connectivity index (χ1) is 33.9. The van der Waals surface area contributed by atoms with Crippen LogP contribution in [0.15, 0.2) is 133 Å². The number of carboxylic acid groups (broad SMARTS) is 6. The van der Waals surface area contributed by atoms with Crippen LogP contribution in [0.1, 0.15) is 99.8 Å². The van der Waals surface area contributed by atoms with Gasteiger partial charge < -0.3 is 30.6 Å². The van der Waals surface area contributed by atoms with E-state index < -0.39 is 46.6 Å². The number of thiocarbonyl (C=S) groups is 1. The molecular formula is C53H49ClN2O14S2. The maximum atomic E-state index is 12.1. The molecule has 6 N–H and O–H groups in total. The number of aromatic carboxylic acids is 2. The van der Waals surface area contributed by atoms with E-state index in [4.69, 9.17) is 54.6 Å². The van der Waals surface area contributed by atoms with E-state index in [9.17, 15) is 43.5 Å². The van der Waals surface area contributed by atoms with Crippen LogP contribution in [-0.2, 0) is 29.4 Å². The third kappa shape index (κ3) is 20.1. The van der Waals surface area contributed by atoms with Crippen LogP contribution in [-0.4, -0.2) is 99.7 Å². The van der Waals surface area contributed by atoms with Gasteiger partial charge >= 0.3 is 35.8 Å². The van der Waals surface area contributed by atoms with Gasteiger partial charge in [0.25, 0.3) is 0 Å². The predicted octanol–water partition coefficient (Wildman–Crippen LogP) is 9.28. The maximum Gasteiger partial charge on any atom is 0.382 e. The Balaban J connectivity index is 0.000000301. The first-order valence-corrected chi connectivity index (χ1v) is 23.1. The molecular weight excluding hydrogens is 988 g/mol. The summed E-state index contributed by atoms with van der Waals surface area (Å²) in [5.74, 6) is -1.51. The van der Waals surface area contributed by atoms with Gasteiger partial charge in [-0.15, -0.1) is 0 Å². The Bertz CT molecular complexity index is 2810. The van der Waals surface area contributed by atoms with E-state index in [0.29, 0.717) is 20.5 Å². The summed E-state index contributed by atoms with van der Waals surface area (Å²) in [5.41, 5.74) is 1.40.